The van der Waals surface area contributed by atoms with E-state index in [1.165, 1.54) is 0 Å². The molecule has 7 heteroatoms. The average Bonchev–Trinajstić information content (AvgIpc) is 3.48. The van der Waals surface area contributed by atoms with Crippen LogP contribution in [0, 0.1) is 38.4 Å². The van der Waals surface area contributed by atoms with Gasteiger partial charge in [0.25, 0.3) is 0 Å². The number of likely N-dealkylation sites (tertiary alicyclic amines) is 1. The molecule has 0 unspecified atom stereocenters. The number of aryl methyl sites for hydroxylation is 2. The summed E-state index contributed by atoms with van der Waals surface area (Å²) in [5.74, 6) is 1.45. The maximum atomic E-state index is 14.0. The zero-order valence-electron chi connectivity index (χ0n) is 23.1. The number of allylic oxidation sites excluding steroid dienone is 1. The molecule has 1 aliphatic carbocycles. The molecule has 1 aliphatic heterocycles. The van der Waals surface area contributed by atoms with Gasteiger partial charge < -0.3 is 14.8 Å². The number of imidazole rings is 1. The summed E-state index contributed by atoms with van der Waals surface area (Å²) in [4.78, 5) is 24.6. The second kappa shape index (κ2) is 11.6. The Morgan fingerprint density at radius 2 is 1.78 bits per heavy atom. The molecule has 1 N–H and O–H groups in total. The highest BCUT2D eigenvalue weighted by molar-refractivity contribution is 5.81. The van der Waals surface area contributed by atoms with E-state index < -0.39 is 0 Å². The molecule has 1 saturated heterocycles. The van der Waals surface area contributed by atoms with Crippen molar-refractivity contribution in [2.45, 2.75) is 85.6 Å². The second-order valence-electron chi connectivity index (χ2n) is 11.3. The number of rotatable bonds is 8. The van der Waals surface area contributed by atoms with Crippen LogP contribution in [0.2, 0.25) is 0 Å². The van der Waals surface area contributed by atoms with Gasteiger partial charge in [0, 0.05) is 42.1 Å². The van der Waals surface area contributed by atoms with Gasteiger partial charge in [-0.25, -0.2) is 9.37 Å². The standard InChI is InChI=1S/C30H42FN5O/c1-19(2)15-22(5)32-18-27-23(6)36(30(33-27)34-28-20(3)16-25(31)17-21(28)4)26-11-9-24(10-12-26)29(37)35-13-7-8-14-35/h16-19,24,26H,5,7-15H2,1-4,6H3,(H,33,34). The van der Waals surface area contributed by atoms with Crippen LogP contribution in [-0.2, 0) is 4.79 Å². The number of aromatic nitrogens is 2. The molecule has 0 radical (unpaired) electrons. The van der Waals surface area contributed by atoms with Crippen molar-refractivity contribution in [2.24, 2.45) is 16.8 Å². The summed E-state index contributed by atoms with van der Waals surface area (Å²) in [7, 11) is 0. The van der Waals surface area contributed by atoms with Crippen LogP contribution in [0.3, 0.4) is 0 Å². The van der Waals surface area contributed by atoms with Crippen LogP contribution in [0.15, 0.2) is 29.4 Å². The molecule has 0 atom stereocenters. The molecular formula is C30H42FN5O. The fraction of sp³-hybridized carbons (Fsp3) is 0.567. The Labute approximate surface area is 221 Å². The predicted octanol–water partition coefficient (Wildman–Crippen LogP) is 7.02. The highest BCUT2D eigenvalue weighted by Crippen LogP contribution is 2.38. The van der Waals surface area contributed by atoms with Crippen molar-refractivity contribution < 1.29 is 9.18 Å². The maximum Gasteiger partial charge on any atom is 0.225 e. The van der Waals surface area contributed by atoms with Gasteiger partial charge in [-0.2, -0.15) is 0 Å². The third kappa shape index (κ3) is 6.31. The summed E-state index contributed by atoms with van der Waals surface area (Å²) in [6.07, 6.45) is 8.53. The van der Waals surface area contributed by atoms with E-state index in [1.54, 1.807) is 12.1 Å². The maximum absolute atomic E-state index is 14.0. The van der Waals surface area contributed by atoms with Gasteiger partial charge in [0.2, 0.25) is 11.9 Å². The van der Waals surface area contributed by atoms with Crippen LogP contribution in [0.5, 0.6) is 0 Å². The van der Waals surface area contributed by atoms with E-state index in [1.807, 2.05) is 20.1 Å². The lowest BCUT2D eigenvalue weighted by Gasteiger charge is -2.32. The van der Waals surface area contributed by atoms with Crippen molar-refractivity contribution in [3.05, 3.63) is 52.7 Å². The monoisotopic (exact) mass is 507 g/mol. The Bertz CT molecular complexity index is 1140. The van der Waals surface area contributed by atoms with Gasteiger partial charge in [0.15, 0.2) is 0 Å². The molecular weight excluding hydrogens is 465 g/mol. The topological polar surface area (TPSA) is 62.5 Å². The van der Waals surface area contributed by atoms with Gasteiger partial charge in [0.05, 0.1) is 6.21 Å². The van der Waals surface area contributed by atoms with Crippen molar-refractivity contribution in [3.8, 4) is 0 Å². The van der Waals surface area contributed by atoms with Gasteiger partial charge in [-0.1, -0.05) is 20.4 Å². The summed E-state index contributed by atoms with van der Waals surface area (Å²) in [6, 6.07) is 3.32. The minimum atomic E-state index is -0.238. The third-order valence-corrected chi connectivity index (χ3v) is 7.76. The zero-order valence-corrected chi connectivity index (χ0v) is 23.1. The van der Waals surface area contributed by atoms with E-state index >= 15 is 0 Å². The molecule has 6 nitrogen and oxygen atoms in total. The number of halogens is 1. The van der Waals surface area contributed by atoms with Gasteiger partial charge in [-0.05, 0) is 94.9 Å². The number of amides is 1. The fourth-order valence-corrected chi connectivity index (χ4v) is 5.86. The molecule has 1 aromatic heterocycles. The first-order valence-electron chi connectivity index (χ1n) is 13.8. The first-order valence-corrected chi connectivity index (χ1v) is 13.8. The molecule has 2 aliphatic rings. The average molecular weight is 508 g/mol. The van der Waals surface area contributed by atoms with Crippen LogP contribution in [-0.4, -0.2) is 39.7 Å². The Balaban J connectivity index is 1.60. The van der Waals surface area contributed by atoms with Crippen molar-refractivity contribution >= 4 is 23.8 Å². The normalized spacial score (nSPS) is 20.2. The van der Waals surface area contributed by atoms with Gasteiger partial charge >= 0.3 is 0 Å². The number of aliphatic imine (C=N–C) groups is 1. The van der Waals surface area contributed by atoms with Crippen molar-refractivity contribution in [3.63, 3.8) is 0 Å². The van der Waals surface area contributed by atoms with Crippen molar-refractivity contribution in [1.29, 1.82) is 0 Å². The molecule has 200 valence electrons. The van der Waals surface area contributed by atoms with Crippen molar-refractivity contribution in [2.75, 3.05) is 18.4 Å². The Hall–Kier alpha value is -2.96. The number of anilines is 2. The van der Waals surface area contributed by atoms with Crippen molar-refractivity contribution in [1.82, 2.24) is 14.5 Å². The minimum Gasteiger partial charge on any atom is -0.342 e. The molecule has 2 heterocycles. The van der Waals surface area contributed by atoms with Crippen LogP contribution in [0.4, 0.5) is 16.0 Å². The molecule has 0 bridgehead atoms. The number of hydrogen-bond donors (Lipinski definition) is 1. The highest BCUT2D eigenvalue weighted by Gasteiger charge is 2.33. The number of nitrogens with zero attached hydrogens (tertiary/aromatic N) is 4. The zero-order chi connectivity index (χ0) is 26.7. The molecule has 1 saturated carbocycles. The van der Waals surface area contributed by atoms with E-state index in [0.717, 1.165) is 97.9 Å². The van der Waals surface area contributed by atoms with Crippen LogP contribution >= 0.6 is 0 Å². The Morgan fingerprint density at radius 1 is 1.16 bits per heavy atom. The Kier molecular flexibility index (Phi) is 8.50. The van der Waals surface area contributed by atoms with Gasteiger partial charge in [-0.3, -0.25) is 9.79 Å². The smallest absolute Gasteiger partial charge is 0.225 e. The fourth-order valence-electron chi connectivity index (χ4n) is 5.86. The molecule has 4 rings (SSSR count). The molecule has 0 spiro atoms. The number of nitrogens with one attached hydrogen (secondary N) is 1. The summed E-state index contributed by atoms with van der Waals surface area (Å²) in [6.45, 7) is 16.1. The lowest BCUT2D eigenvalue weighted by Crippen LogP contribution is -2.36. The predicted molar refractivity (Wildman–Crippen MR) is 149 cm³/mol. The summed E-state index contributed by atoms with van der Waals surface area (Å²) in [5.41, 5.74) is 5.23. The third-order valence-electron chi connectivity index (χ3n) is 7.76. The largest absolute Gasteiger partial charge is 0.342 e. The van der Waals surface area contributed by atoms with Gasteiger partial charge in [0.1, 0.15) is 11.5 Å². The lowest BCUT2D eigenvalue weighted by molar-refractivity contribution is -0.135. The summed E-state index contributed by atoms with van der Waals surface area (Å²) >= 11 is 0. The number of carbonyl (C=O) groups excluding carboxylic acids is 1. The lowest BCUT2D eigenvalue weighted by atomic mass is 9.85. The molecule has 37 heavy (non-hydrogen) atoms. The highest BCUT2D eigenvalue weighted by atomic mass is 19.1. The first kappa shape index (κ1) is 27.1. The summed E-state index contributed by atoms with van der Waals surface area (Å²) < 4.78 is 16.2. The van der Waals surface area contributed by atoms with E-state index in [-0.39, 0.29) is 17.8 Å². The first-order chi connectivity index (χ1) is 17.6. The molecule has 1 amide bonds. The van der Waals surface area contributed by atoms with Crippen LogP contribution < -0.4 is 5.32 Å². The number of benzene rings is 1. The van der Waals surface area contributed by atoms with E-state index in [9.17, 15) is 9.18 Å². The quantitative estimate of drug-likeness (QED) is 0.390. The molecule has 2 aromatic rings. The van der Waals surface area contributed by atoms with Gasteiger partial charge in [-0.15, -0.1) is 0 Å². The van der Waals surface area contributed by atoms with E-state index in [4.69, 9.17) is 4.98 Å². The van der Waals surface area contributed by atoms with E-state index in [0.29, 0.717) is 11.8 Å². The molecule has 2 fully saturated rings. The van der Waals surface area contributed by atoms with Crippen LogP contribution in [0.25, 0.3) is 0 Å². The molecule has 1 aromatic carbocycles. The number of hydrogen-bond acceptors (Lipinski definition) is 4. The van der Waals surface area contributed by atoms with E-state index in [2.05, 4.69) is 47.1 Å². The Morgan fingerprint density at radius 3 is 2.38 bits per heavy atom. The summed E-state index contributed by atoms with van der Waals surface area (Å²) in [5, 5.41) is 3.52. The second-order valence-corrected chi connectivity index (χ2v) is 11.3. The SMILES string of the molecule is C=C(CC(C)C)N=Cc1nc(Nc2c(C)cc(F)cc2C)n(C2CCC(C(=O)N3CCCC3)CC2)c1C. The number of carbonyl (C=O) groups is 1. The minimum absolute atomic E-state index is 0.122. The van der Waals surface area contributed by atoms with Crippen LogP contribution in [0.1, 0.15) is 87.3 Å².